The Morgan fingerprint density at radius 3 is 2.18 bits per heavy atom. The van der Waals surface area contributed by atoms with Gasteiger partial charge in [-0.25, -0.2) is 9.79 Å². The first-order valence-corrected chi connectivity index (χ1v) is 6.67. The van der Waals surface area contributed by atoms with Gasteiger partial charge in [-0.3, -0.25) is 0 Å². The van der Waals surface area contributed by atoms with Gasteiger partial charge in [-0.1, -0.05) is 23.7 Å². The summed E-state index contributed by atoms with van der Waals surface area (Å²) in [6.07, 6.45) is 0. The quantitative estimate of drug-likeness (QED) is 0.698. The van der Waals surface area contributed by atoms with Crippen LogP contribution in [-0.2, 0) is 0 Å². The van der Waals surface area contributed by atoms with Crippen molar-refractivity contribution < 1.29 is 29.2 Å². The van der Waals surface area contributed by atoms with E-state index >= 15 is 0 Å². The number of alkyl halides is 2. The molecule has 0 spiro atoms. The van der Waals surface area contributed by atoms with Gasteiger partial charge in [0.2, 0.25) is 0 Å². The maximum Gasteiger partial charge on any atom is 0.414 e. The molecule has 0 aliphatic carbocycles. The monoisotopic (exact) mass is 286 g/mol. The van der Waals surface area contributed by atoms with Crippen LogP contribution in [0.5, 0.6) is 0 Å². The fourth-order valence-electron chi connectivity index (χ4n) is 1.44. The van der Waals surface area contributed by atoms with Crippen molar-refractivity contribution in [2.24, 2.45) is 0 Å². The molecule has 0 aromatic heterocycles. The van der Waals surface area contributed by atoms with Crippen LogP contribution in [0.15, 0.2) is 24.3 Å². The summed E-state index contributed by atoms with van der Waals surface area (Å²) in [4.78, 5) is 28.1. The van der Waals surface area contributed by atoms with Crippen LogP contribution in [0.3, 0.4) is 0 Å². The SMILES string of the molecule is [NH3+]CC(c1ccc(Cl)cc1)C(F)(F)[P+]([O-])(O)O. The third-order valence-electron chi connectivity index (χ3n) is 2.37. The second kappa shape index (κ2) is 5.10. The molecule has 5 N–H and O–H groups in total. The molecule has 8 heteroatoms. The zero-order valence-electron chi connectivity index (χ0n) is 8.68. The number of benzene rings is 1. The van der Waals surface area contributed by atoms with Gasteiger partial charge in [-0.05, 0) is 17.7 Å². The van der Waals surface area contributed by atoms with E-state index in [-0.39, 0.29) is 12.1 Å². The van der Waals surface area contributed by atoms with E-state index in [0.29, 0.717) is 5.02 Å². The van der Waals surface area contributed by atoms with E-state index in [2.05, 4.69) is 5.73 Å². The Morgan fingerprint density at radius 2 is 1.82 bits per heavy atom. The van der Waals surface area contributed by atoms with Crippen LogP contribution in [0.25, 0.3) is 0 Å². The maximum atomic E-state index is 13.5. The van der Waals surface area contributed by atoms with Crippen LogP contribution in [0.1, 0.15) is 11.5 Å². The first-order valence-electron chi connectivity index (χ1n) is 4.68. The molecule has 0 bridgehead atoms. The minimum atomic E-state index is -5.52. The lowest BCUT2D eigenvalue weighted by atomic mass is 10.00. The summed E-state index contributed by atoms with van der Waals surface area (Å²) in [5.74, 6) is -1.64. The predicted molar refractivity (Wildman–Crippen MR) is 58.3 cm³/mol. The van der Waals surface area contributed by atoms with E-state index in [1.165, 1.54) is 24.3 Å². The number of quaternary nitrogens is 1. The summed E-state index contributed by atoms with van der Waals surface area (Å²) in [5, 5.41) is 0.357. The third kappa shape index (κ3) is 3.10. The second-order valence-electron chi connectivity index (χ2n) is 3.52. The lowest BCUT2D eigenvalue weighted by Gasteiger charge is -2.29. The van der Waals surface area contributed by atoms with E-state index in [9.17, 15) is 13.7 Å². The molecule has 0 saturated heterocycles. The fourth-order valence-corrected chi connectivity index (χ4v) is 2.25. The zero-order chi connectivity index (χ0) is 13.3. The first-order chi connectivity index (χ1) is 7.70. The van der Waals surface area contributed by atoms with Gasteiger partial charge in [-0.2, -0.15) is 8.78 Å². The molecule has 0 radical (unpaired) electrons. The number of halogens is 3. The molecule has 1 aromatic carbocycles. The minimum Gasteiger partial charge on any atom is -0.627 e. The Hall–Kier alpha value is -0.360. The van der Waals surface area contributed by atoms with Gasteiger partial charge in [0.1, 0.15) is 5.92 Å². The molecule has 4 nitrogen and oxygen atoms in total. The molecule has 0 fully saturated rings. The van der Waals surface area contributed by atoms with Crippen molar-refractivity contribution in [3.63, 3.8) is 0 Å². The highest BCUT2D eigenvalue weighted by Gasteiger charge is 2.60. The van der Waals surface area contributed by atoms with E-state index in [4.69, 9.17) is 21.4 Å². The lowest BCUT2D eigenvalue weighted by molar-refractivity contribution is -0.380. The Morgan fingerprint density at radius 1 is 1.35 bits per heavy atom. The largest absolute Gasteiger partial charge is 0.627 e. The Bertz CT molecular complexity index is 383. The van der Waals surface area contributed by atoms with Crippen LogP contribution in [0.2, 0.25) is 5.02 Å². The molecular weight excluding hydrogens is 275 g/mol. The summed E-state index contributed by atoms with van der Waals surface area (Å²) in [5.41, 5.74) is -0.733. The molecule has 0 saturated carbocycles. The highest BCUT2D eigenvalue weighted by atomic mass is 35.5. The highest BCUT2D eigenvalue weighted by molar-refractivity contribution is 7.58. The van der Waals surface area contributed by atoms with Gasteiger partial charge in [0, 0.05) is 5.02 Å². The second-order valence-corrected chi connectivity index (χ2v) is 5.65. The molecule has 0 aliphatic heterocycles. The average molecular weight is 287 g/mol. The van der Waals surface area contributed by atoms with Gasteiger partial charge >= 0.3 is 13.6 Å². The topological polar surface area (TPSA) is 91.2 Å². The highest BCUT2D eigenvalue weighted by Crippen LogP contribution is 2.62. The summed E-state index contributed by atoms with van der Waals surface area (Å²) in [6, 6.07) is 5.38. The summed E-state index contributed by atoms with van der Waals surface area (Å²) < 4.78 is 27.1. The van der Waals surface area contributed by atoms with Gasteiger partial charge < -0.3 is 10.6 Å². The standard InChI is InChI=1S/C9H11ClF2NO3P/c10-7-3-1-6(2-4-7)8(5-13)9(11,12)17(14,15)16/h1-4,8H,5,13H2,(H2,14,15,16)/p+1. The van der Waals surface area contributed by atoms with Crippen LogP contribution in [0, 0.1) is 0 Å². The Labute approximate surface area is 102 Å². The van der Waals surface area contributed by atoms with Crippen LogP contribution in [0.4, 0.5) is 8.78 Å². The molecule has 96 valence electrons. The predicted octanol–water partition coefficient (Wildman–Crippen LogP) is 0.366. The zero-order valence-corrected chi connectivity index (χ0v) is 10.3. The van der Waals surface area contributed by atoms with Crippen molar-refractivity contribution in [1.82, 2.24) is 0 Å². The molecule has 1 aromatic rings. The molecule has 0 amide bonds. The van der Waals surface area contributed by atoms with Gasteiger partial charge in [0.25, 0.3) is 0 Å². The average Bonchev–Trinajstić information content (AvgIpc) is 2.20. The van der Waals surface area contributed by atoms with Gasteiger partial charge in [0.05, 0.1) is 6.54 Å². The maximum absolute atomic E-state index is 13.5. The normalized spacial score (nSPS) is 14.8. The van der Waals surface area contributed by atoms with Crippen molar-refractivity contribution in [3.8, 4) is 0 Å². The van der Waals surface area contributed by atoms with Crippen LogP contribution >= 0.6 is 19.5 Å². The Kier molecular flexibility index (Phi) is 4.41. The smallest absolute Gasteiger partial charge is 0.414 e. The Balaban J connectivity index is 3.11. The fraction of sp³-hybridized carbons (Fsp3) is 0.333. The molecule has 0 aliphatic rings. The van der Waals surface area contributed by atoms with Crippen molar-refractivity contribution in [2.45, 2.75) is 11.6 Å². The molecule has 1 unspecified atom stereocenters. The van der Waals surface area contributed by atoms with Crippen molar-refractivity contribution in [3.05, 3.63) is 34.9 Å². The van der Waals surface area contributed by atoms with Gasteiger partial charge in [0.15, 0.2) is 0 Å². The van der Waals surface area contributed by atoms with E-state index < -0.39 is 19.5 Å². The first kappa shape index (κ1) is 14.7. The molecule has 1 rings (SSSR count). The van der Waals surface area contributed by atoms with Crippen LogP contribution in [-0.4, -0.2) is 22.0 Å². The van der Waals surface area contributed by atoms with Crippen molar-refractivity contribution >= 4 is 19.5 Å². The number of hydrogen-bond donors (Lipinski definition) is 3. The summed E-state index contributed by atoms with van der Waals surface area (Å²) in [6.45, 7) is -0.334. The molecule has 1 atom stereocenters. The molecular formula is C9H12ClF2NO3P+. The third-order valence-corrected chi connectivity index (χ3v) is 3.71. The van der Waals surface area contributed by atoms with E-state index in [1.54, 1.807) is 0 Å². The van der Waals surface area contributed by atoms with Crippen molar-refractivity contribution in [1.29, 1.82) is 0 Å². The number of rotatable bonds is 4. The van der Waals surface area contributed by atoms with Crippen LogP contribution < -0.4 is 10.6 Å². The van der Waals surface area contributed by atoms with Crippen molar-refractivity contribution in [2.75, 3.05) is 6.54 Å². The van der Waals surface area contributed by atoms with E-state index in [1.807, 2.05) is 0 Å². The summed E-state index contributed by atoms with van der Waals surface area (Å²) >= 11 is 5.61. The number of hydrogen-bond acceptors (Lipinski definition) is 3. The van der Waals surface area contributed by atoms with E-state index in [0.717, 1.165) is 0 Å². The summed E-state index contributed by atoms with van der Waals surface area (Å²) in [7, 11) is -5.52. The lowest BCUT2D eigenvalue weighted by Crippen LogP contribution is -2.57. The van der Waals surface area contributed by atoms with Gasteiger partial charge in [-0.15, -0.1) is 0 Å². The molecule has 17 heavy (non-hydrogen) atoms. The molecule has 0 heterocycles. The minimum absolute atomic E-state index is 0.0951.